The van der Waals surface area contributed by atoms with Crippen molar-refractivity contribution in [2.24, 2.45) is 0 Å². The number of rotatable bonds is 4. The molecule has 0 bridgehead atoms. The van der Waals surface area contributed by atoms with Crippen LogP contribution in [0.1, 0.15) is 5.56 Å². The first-order chi connectivity index (χ1) is 15.3. The second-order valence-electron chi connectivity index (χ2n) is 7.55. The number of benzene rings is 4. The first-order valence-corrected chi connectivity index (χ1v) is 10.4. The van der Waals surface area contributed by atoms with E-state index in [1.165, 1.54) is 11.1 Å². The monoisotopic (exact) mass is 398 g/mol. The summed E-state index contributed by atoms with van der Waals surface area (Å²) in [5, 5.41) is 0. The van der Waals surface area contributed by atoms with Gasteiger partial charge in [-0.3, -0.25) is 4.98 Å². The van der Waals surface area contributed by atoms with E-state index in [9.17, 15) is 0 Å². The molecule has 0 N–H and O–H groups in total. The van der Waals surface area contributed by atoms with Gasteiger partial charge in [-0.25, -0.2) is 4.98 Å². The van der Waals surface area contributed by atoms with Gasteiger partial charge >= 0.3 is 0 Å². The third kappa shape index (κ3) is 3.76. The third-order valence-electron chi connectivity index (χ3n) is 5.51. The summed E-state index contributed by atoms with van der Waals surface area (Å²) in [6.45, 7) is 2.12. The van der Waals surface area contributed by atoms with Gasteiger partial charge in [0.05, 0.1) is 23.3 Å². The van der Waals surface area contributed by atoms with Crippen molar-refractivity contribution in [1.82, 2.24) is 9.97 Å². The normalized spacial score (nSPS) is 10.7. The molecule has 5 aromatic rings. The molecule has 1 heterocycles. The van der Waals surface area contributed by atoms with Gasteiger partial charge in [0.1, 0.15) is 0 Å². The number of hydrogen-bond donors (Lipinski definition) is 0. The van der Waals surface area contributed by atoms with Gasteiger partial charge in [-0.15, -0.1) is 0 Å². The fourth-order valence-corrected chi connectivity index (χ4v) is 3.92. The van der Waals surface area contributed by atoms with Crippen LogP contribution in [0.3, 0.4) is 0 Å². The molecular formula is C29H22N2. The molecule has 1 aromatic heterocycles. The maximum atomic E-state index is 5.15. The highest BCUT2D eigenvalue weighted by Gasteiger charge is 2.17. The molecule has 0 spiro atoms. The first-order valence-electron chi connectivity index (χ1n) is 10.4. The Bertz CT molecular complexity index is 1330. The molecule has 4 aromatic carbocycles. The molecule has 0 saturated heterocycles. The maximum Gasteiger partial charge on any atom is 0.0979 e. The van der Waals surface area contributed by atoms with Crippen molar-refractivity contribution in [3.63, 3.8) is 0 Å². The van der Waals surface area contributed by atoms with Gasteiger partial charge in [0.15, 0.2) is 0 Å². The largest absolute Gasteiger partial charge is 0.252 e. The van der Waals surface area contributed by atoms with Gasteiger partial charge in [-0.2, -0.15) is 0 Å². The second kappa shape index (κ2) is 8.37. The molecule has 0 aliphatic carbocycles. The average Bonchev–Trinajstić information content (AvgIpc) is 2.85. The molecule has 0 radical (unpaired) electrons. The Morgan fingerprint density at radius 1 is 0.484 bits per heavy atom. The number of hydrogen-bond acceptors (Lipinski definition) is 2. The van der Waals surface area contributed by atoms with Crippen LogP contribution >= 0.6 is 0 Å². The summed E-state index contributed by atoms with van der Waals surface area (Å²) in [4.78, 5) is 10.1. The second-order valence-corrected chi connectivity index (χ2v) is 7.55. The third-order valence-corrected chi connectivity index (χ3v) is 5.51. The van der Waals surface area contributed by atoms with Crippen molar-refractivity contribution in [3.8, 4) is 44.9 Å². The Labute approximate surface area is 182 Å². The lowest BCUT2D eigenvalue weighted by atomic mass is 9.94. The van der Waals surface area contributed by atoms with E-state index in [-0.39, 0.29) is 0 Å². The average molecular weight is 399 g/mol. The Kier molecular flexibility index (Phi) is 5.12. The first kappa shape index (κ1) is 19.0. The highest BCUT2D eigenvalue weighted by molar-refractivity contribution is 5.89. The van der Waals surface area contributed by atoms with Gasteiger partial charge in [-0.05, 0) is 23.6 Å². The van der Waals surface area contributed by atoms with Crippen LogP contribution in [0.5, 0.6) is 0 Å². The van der Waals surface area contributed by atoms with Crippen LogP contribution in [-0.2, 0) is 0 Å². The van der Waals surface area contributed by atoms with Crippen LogP contribution in [0, 0.1) is 6.92 Å². The van der Waals surface area contributed by atoms with E-state index >= 15 is 0 Å². The van der Waals surface area contributed by atoms with Crippen LogP contribution in [0.15, 0.2) is 115 Å². The fraction of sp³-hybridized carbons (Fsp3) is 0.0345. The molecular weight excluding hydrogens is 376 g/mol. The zero-order chi connectivity index (χ0) is 21.0. The smallest absolute Gasteiger partial charge is 0.0979 e. The summed E-state index contributed by atoms with van der Waals surface area (Å²) < 4.78 is 0. The topological polar surface area (TPSA) is 25.8 Å². The summed E-state index contributed by atoms with van der Waals surface area (Å²) in [5.74, 6) is 0. The number of nitrogens with zero attached hydrogens (tertiary/aromatic N) is 2. The molecule has 5 rings (SSSR count). The van der Waals surface area contributed by atoms with E-state index in [1.807, 2.05) is 30.5 Å². The van der Waals surface area contributed by atoms with E-state index < -0.39 is 0 Å². The predicted molar refractivity (Wildman–Crippen MR) is 129 cm³/mol. The van der Waals surface area contributed by atoms with E-state index in [0.717, 1.165) is 39.3 Å². The number of aromatic nitrogens is 2. The standard InChI is InChI=1S/C29H22N2/c1-21-12-8-9-17-24(21)28-29(31-27(20-30-28)23-15-6-3-7-16-23)26-19-11-10-18-25(26)22-13-4-2-5-14-22/h2-20H,1H3. The molecule has 2 heteroatoms. The summed E-state index contributed by atoms with van der Waals surface area (Å²) >= 11 is 0. The van der Waals surface area contributed by atoms with Crippen LogP contribution in [-0.4, -0.2) is 9.97 Å². The van der Waals surface area contributed by atoms with Crippen LogP contribution < -0.4 is 0 Å². The molecule has 0 unspecified atom stereocenters. The van der Waals surface area contributed by atoms with Gasteiger partial charge < -0.3 is 0 Å². The maximum absolute atomic E-state index is 5.15. The fourth-order valence-electron chi connectivity index (χ4n) is 3.92. The van der Waals surface area contributed by atoms with Crippen LogP contribution in [0.25, 0.3) is 44.9 Å². The molecule has 148 valence electrons. The molecule has 0 fully saturated rings. The lowest BCUT2D eigenvalue weighted by molar-refractivity contribution is 1.21. The van der Waals surface area contributed by atoms with Crippen molar-refractivity contribution in [1.29, 1.82) is 0 Å². The molecule has 0 aliphatic heterocycles. The molecule has 0 aliphatic rings. The summed E-state index contributed by atoms with van der Waals surface area (Å²) in [5.41, 5.74) is 9.42. The lowest BCUT2D eigenvalue weighted by Crippen LogP contribution is -1.98. The minimum atomic E-state index is 0.871. The summed E-state index contributed by atoms with van der Waals surface area (Å²) in [6, 6.07) is 37.5. The zero-order valence-corrected chi connectivity index (χ0v) is 17.4. The van der Waals surface area contributed by atoms with Crippen molar-refractivity contribution in [3.05, 3.63) is 121 Å². The van der Waals surface area contributed by atoms with Gasteiger partial charge in [0, 0.05) is 16.7 Å². The minimum absolute atomic E-state index is 0.871. The lowest BCUT2D eigenvalue weighted by Gasteiger charge is -2.15. The zero-order valence-electron chi connectivity index (χ0n) is 17.4. The Hall–Kier alpha value is -4.04. The van der Waals surface area contributed by atoms with Crippen LogP contribution in [0.2, 0.25) is 0 Å². The molecule has 0 atom stereocenters. The van der Waals surface area contributed by atoms with Crippen molar-refractivity contribution >= 4 is 0 Å². The van der Waals surface area contributed by atoms with E-state index in [4.69, 9.17) is 9.97 Å². The molecule has 2 nitrogen and oxygen atoms in total. The Morgan fingerprint density at radius 3 is 1.71 bits per heavy atom. The van der Waals surface area contributed by atoms with Gasteiger partial charge in [-0.1, -0.05) is 109 Å². The number of aryl methyl sites for hydroxylation is 1. The van der Waals surface area contributed by atoms with Crippen molar-refractivity contribution < 1.29 is 0 Å². The van der Waals surface area contributed by atoms with Crippen LogP contribution in [0.4, 0.5) is 0 Å². The minimum Gasteiger partial charge on any atom is -0.252 e. The van der Waals surface area contributed by atoms with Gasteiger partial charge in [0.2, 0.25) is 0 Å². The van der Waals surface area contributed by atoms with E-state index in [2.05, 4.69) is 91.9 Å². The van der Waals surface area contributed by atoms with Gasteiger partial charge in [0.25, 0.3) is 0 Å². The highest BCUT2D eigenvalue weighted by Crippen LogP contribution is 2.37. The summed E-state index contributed by atoms with van der Waals surface area (Å²) in [6.07, 6.45) is 1.88. The Morgan fingerprint density at radius 2 is 1.03 bits per heavy atom. The SMILES string of the molecule is Cc1ccccc1-c1ncc(-c2ccccc2)nc1-c1ccccc1-c1ccccc1. The van der Waals surface area contributed by atoms with E-state index in [0.29, 0.717) is 0 Å². The molecule has 0 amide bonds. The van der Waals surface area contributed by atoms with E-state index in [1.54, 1.807) is 0 Å². The quantitative estimate of drug-likeness (QED) is 0.314. The molecule has 0 saturated carbocycles. The highest BCUT2D eigenvalue weighted by atomic mass is 14.8. The Balaban J connectivity index is 1.79. The van der Waals surface area contributed by atoms with Crippen molar-refractivity contribution in [2.45, 2.75) is 6.92 Å². The summed E-state index contributed by atoms with van der Waals surface area (Å²) in [7, 11) is 0. The molecule has 31 heavy (non-hydrogen) atoms. The predicted octanol–water partition coefficient (Wildman–Crippen LogP) is 7.45. The van der Waals surface area contributed by atoms with Crippen molar-refractivity contribution in [2.75, 3.05) is 0 Å².